The summed E-state index contributed by atoms with van der Waals surface area (Å²) in [5, 5.41) is 0. The molecule has 2 N–H and O–H groups in total. The lowest BCUT2D eigenvalue weighted by atomic mass is 10.2. The van der Waals surface area contributed by atoms with Gasteiger partial charge in [-0.05, 0) is 12.1 Å². The minimum atomic E-state index is -4.72. The fourth-order valence-corrected chi connectivity index (χ4v) is 3.33. The number of alkyl halides is 3. The minimum Gasteiger partial charge on any atom is -0.329 e. The van der Waals surface area contributed by atoms with E-state index in [1.165, 1.54) is 6.07 Å². The summed E-state index contributed by atoms with van der Waals surface area (Å²) >= 11 is 0. The van der Waals surface area contributed by atoms with Crippen LogP contribution in [0.4, 0.5) is 13.2 Å². The third-order valence-corrected chi connectivity index (χ3v) is 4.57. The third kappa shape index (κ3) is 3.46. The van der Waals surface area contributed by atoms with Crippen molar-refractivity contribution in [2.24, 2.45) is 5.73 Å². The van der Waals surface area contributed by atoms with Gasteiger partial charge in [-0.15, -0.1) is 0 Å². The van der Waals surface area contributed by atoms with Gasteiger partial charge in [0, 0.05) is 19.6 Å². The van der Waals surface area contributed by atoms with Crippen LogP contribution < -0.4 is 5.73 Å². The van der Waals surface area contributed by atoms with E-state index in [0.29, 0.717) is 0 Å². The van der Waals surface area contributed by atoms with Gasteiger partial charge in [-0.3, -0.25) is 0 Å². The summed E-state index contributed by atoms with van der Waals surface area (Å²) in [7, 11) is -4.19. The van der Waals surface area contributed by atoms with Crippen molar-refractivity contribution in [2.45, 2.75) is 18.0 Å². The minimum absolute atomic E-state index is 0.0228. The summed E-state index contributed by atoms with van der Waals surface area (Å²) in [5.74, 6) is 0. The maximum atomic E-state index is 12.8. The van der Waals surface area contributed by atoms with E-state index < -0.39 is 26.7 Å². The number of likely N-dealkylation sites (N-methyl/N-ethyl adjacent to an activating group) is 1. The zero-order chi connectivity index (χ0) is 14.7. The van der Waals surface area contributed by atoms with Gasteiger partial charge in [0.1, 0.15) is 0 Å². The quantitative estimate of drug-likeness (QED) is 0.899. The van der Waals surface area contributed by atoms with Crippen LogP contribution in [0.5, 0.6) is 0 Å². The lowest BCUT2D eigenvalue weighted by Gasteiger charge is -2.22. The number of rotatable bonds is 5. The van der Waals surface area contributed by atoms with Gasteiger partial charge in [0.15, 0.2) is 0 Å². The Morgan fingerprint density at radius 3 is 2.32 bits per heavy atom. The Labute approximate surface area is 110 Å². The number of nitrogens with zero attached hydrogens (tertiary/aromatic N) is 1. The van der Waals surface area contributed by atoms with Gasteiger partial charge in [-0.25, -0.2) is 8.42 Å². The molecule has 0 fully saturated rings. The molecule has 8 heteroatoms. The van der Waals surface area contributed by atoms with Crippen LogP contribution in [0.25, 0.3) is 0 Å². The van der Waals surface area contributed by atoms with E-state index in [-0.39, 0.29) is 19.6 Å². The molecule has 0 unspecified atom stereocenters. The lowest BCUT2D eigenvalue weighted by molar-refractivity contribution is -0.139. The molecule has 1 aromatic carbocycles. The van der Waals surface area contributed by atoms with Crippen LogP contribution in [0.1, 0.15) is 12.5 Å². The van der Waals surface area contributed by atoms with Gasteiger partial charge in [0.05, 0.1) is 10.5 Å². The van der Waals surface area contributed by atoms with Crippen LogP contribution in [0.3, 0.4) is 0 Å². The Balaban J connectivity index is 3.37. The average Bonchev–Trinajstić information content (AvgIpc) is 2.34. The molecule has 1 rings (SSSR count). The number of sulfonamides is 1. The molecular weight excluding hydrogens is 281 g/mol. The highest BCUT2D eigenvalue weighted by Gasteiger charge is 2.38. The molecule has 0 aliphatic rings. The number of hydrogen-bond acceptors (Lipinski definition) is 3. The molecule has 0 bridgehead atoms. The first-order chi connectivity index (χ1) is 8.75. The highest BCUT2D eigenvalue weighted by atomic mass is 32.2. The Morgan fingerprint density at radius 2 is 1.84 bits per heavy atom. The SMILES string of the molecule is CCN(CCN)S(=O)(=O)c1ccccc1C(F)(F)F. The van der Waals surface area contributed by atoms with Crippen LogP contribution in [0.15, 0.2) is 29.2 Å². The molecular formula is C11H15F3N2O2S. The fraction of sp³-hybridized carbons (Fsp3) is 0.455. The second-order valence-electron chi connectivity index (χ2n) is 3.78. The molecule has 108 valence electrons. The van der Waals surface area contributed by atoms with Crippen molar-refractivity contribution in [1.82, 2.24) is 4.31 Å². The zero-order valence-corrected chi connectivity index (χ0v) is 11.1. The highest BCUT2D eigenvalue weighted by Crippen LogP contribution is 2.34. The molecule has 0 radical (unpaired) electrons. The largest absolute Gasteiger partial charge is 0.417 e. The van der Waals surface area contributed by atoms with E-state index in [2.05, 4.69) is 0 Å². The van der Waals surface area contributed by atoms with Crippen LogP contribution in [0, 0.1) is 0 Å². The maximum absolute atomic E-state index is 12.8. The van der Waals surface area contributed by atoms with Crippen molar-refractivity contribution in [2.75, 3.05) is 19.6 Å². The molecule has 0 aromatic heterocycles. The van der Waals surface area contributed by atoms with Crippen molar-refractivity contribution >= 4 is 10.0 Å². The summed E-state index contributed by atoms with van der Waals surface area (Å²) in [5.41, 5.74) is 4.11. The van der Waals surface area contributed by atoms with Gasteiger partial charge in [-0.2, -0.15) is 17.5 Å². The lowest BCUT2D eigenvalue weighted by Crippen LogP contribution is -2.36. The Kier molecular flexibility index (Phi) is 4.94. The molecule has 1 aromatic rings. The second-order valence-corrected chi connectivity index (χ2v) is 5.69. The summed E-state index contributed by atoms with van der Waals surface area (Å²) in [6.07, 6.45) is -4.72. The van der Waals surface area contributed by atoms with Crippen molar-refractivity contribution in [1.29, 1.82) is 0 Å². The predicted molar refractivity (Wildman–Crippen MR) is 64.9 cm³/mol. The highest BCUT2D eigenvalue weighted by molar-refractivity contribution is 7.89. The van der Waals surface area contributed by atoms with E-state index in [0.717, 1.165) is 22.5 Å². The van der Waals surface area contributed by atoms with Crippen LogP contribution >= 0.6 is 0 Å². The van der Waals surface area contributed by atoms with E-state index in [1.807, 2.05) is 0 Å². The van der Waals surface area contributed by atoms with Crippen molar-refractivity contribution in [3.8, 4) is 0 Å². The molecule has 19 heavy (non-hydrogen) atoms. The van der Waals surface area contributed by atoms with E-state index in [9.17, 15) is 21.6 Å². The smallest absolute Gasteiger partial charge is 0.329 e. The van der Waals surface area contributed by atoms with Gasteiger partial charge in [-0.1, -0.05) is 19.1 Å². The molecule has 0 saturated carbocycles. The standard InChI is InChI=1S/C11H15F3N2O2S/c1-2-16(8-7-15)19(17,18)10-6-4-3-5-9(10)11(12,13)14/h3-6H,2,7-8,15H2,1H3. The van der Waals surface area contributed by atoms with Crippen molar-refractivity contribution < 1.29 is 21.6 Å². The van der Waals surface area contributed by atoms with Crippen molar-refractivity contribution in [3.05, 3.63) is 29.8 Å². The fourth-order valence-electron chi connectivity index (χ4n) is 1.66. The monoisotopic (exact) mass is 296 g/mol. The molecule has 0 aliphatic carbocycles. The van der Waals surface area contributed by atoms with Crippen molar-refractivity contribution in [3.63, 3.8) is 0 Å². The first-order valence-electron chi connectivity index (χ1n) is 5.61. The summed E-state index contributed by atoms with van der Waals surface area (Å²) < 4.78 is 63.8. The zero-order valence-electron chi connectivity index (χ0n) is 10.3. The van der Waals surface area contributed by atoms with E-state index in [1.54, 1.807) is 6.92 Å². The molecule has 0 spiro atoms. The van der Waals surface area contributed by atoms with Gasteiger partial charge >= 0.3 is 6.18 Å². The molecule has 0 amide bonds. The van der Waals surface area contributed by atoms with Gasteiger partial charge < -0.3 is 5.73 Å². The van der Waals surface area contributed by atoms with Crippen LogP contribution in [0.2, 0.25) is 0 Å². The average molecular weight is 296 g/mol. The summed E-state index contributed by atoms with van der Waals surface area (Å²) in [6, 6.07) is 4.12. The number of benzene rings is 1. The van der Waals surface area contributed by atoms with Crippen LogP contribution in [-0.4, -0.2) is 32.4 Å². The Bertz CT molecular complexity index is 529. The third-order valence-electron chi connectivity index (χ3n) is 2.54. The predicted octanol–water partition coefficient (Wildman–Crippen LogP) is 1.67. The number of hydrogen-bond donors (Lipinski definition) is 1. The number of halogens is 3. The topological polar surface area (TPSA) is 63.4 Å². The van der Waals surface area contributed by atoms with Gasteiger partial charge in [0.2, 0.25) is 10.0 Å². The van der Waals surface area contributed by atoms with Crippen LogP contribution in [-0.2, 0) is 16.2 Å². The number of nitrogens with two attached hydrogens (primary N) is 1. The first-order valence-corrected chi connectivity index (χ1v) is 7.05. The maximum Gasteiger partial charge on any atom is 0.417 e. The molecule has 0 aliphatic heterocycles. The Morgan fingerprint density at radius 1 is 1.26 bits per heavy atom. The van der Waals surface area contributed by atoms with Gasteiger partial charge in [0.25, 0.3) is 0 Å². The summed E-state index contributed by atoms with van der Waals surface area (Å²) in [6.45, 7) is 1.63. The molecule has 0 heterocycles. The van der Waals surface area contributed by atoms with E-state index in [4.69, 9.17) is 5.73 Å². The molecule has 4 nitrogen and oxygen atoms in total. The Hall–Kier alpha value is -1.12. The second kappa shape index (κ2) is 5.89. The summed E-state index contributed by atoms with van der Waals surface area (Å²) in [4.78, 5) is -0.738. The first kappa shape index (κ1) is 15.9. The molecule has 0 atom stereocenters. The normalized spacial score (nSPS) is 12.9. The molecule has 0 saturated heterocycles. The van der Waals surface area contributed by atoms with E-state index >= 15 is 0 Å².